The zero-order valence-corrected chi connectivity index (χ0v) is 10.3. The molecule has 0 aromatic carbocycles. The van der Waals surface area contributed by atoms with Gasteiger partial charge in [-0.15, -0.1) is 0 Å². The van der Waals surface area contributed by atoms with E-state index >= 15 is 0 Å². The zero-order chi connectivity index (χ0) is 11.3. The predicted octanol–water partition coefficient (Wildman–Crippen LogP) is 1.63. The molecule has 1 aliphatic rings. The predicted molar refractivity (Wildman–Crippen MR) is 62.7 cm³/mol. The van der Waals surface area contributed by atoms with Gasteiger partial charge in [0.1, 0.15) is 0 Å². The molecule has 1 amide bonds. The summed E-state index contributed by atoms with van der Waals surface area (Å²) in [7, 11) is 0. The summed E-state index contributed by atoms with van der Waals surface area (Å²) in [4.78, 5) is 13.9. The largest absolute Gasteiger partial charge is 0.353 e. The maximum atomic E-state index is 11.6. The van der Waals surface area contributed by atoms with Crippen LogP contribution in [-0.2, 0) is 4.79 Å². The molecule has 0 radical (unpaired) electrons. The van der Waals surface area contributed by atoms with E-state index in [0.29, 0.717) is 12.6 Å². The lowest BCUT2D eigenvalue weighted by Gasteiger charge is -2.29. The maximum absolute atomic E-state index is 11.6. The first-order valence-corrected chi connectivity index (χ1v) is 6.13. The van der Waals surface area contributed by atoms with Crippen molar-refractivity contribution >= 4 is 5.91 Å². The SMILES string of the molecule is CCC(C)NC(=O)CN1CCC(C)CC1. The van der Waals surface area contributed by atoms with Crippen LogP contribution in [0, 0.1) is 5.92 Å². The lowest BCUT2D eigenvalue weighted by Crippen LogP contribution is -2.43. The van der Waals surface area contributed by atoms with Crippen LogP contribution >= 0.6 is 0 Å². The second-order valence-electron chi connectivity index (χ2n) is 4.84. The molecule has 0 aliphatic carbocycles. The molecule has 3 heteroatoms. The lowest BCUT2D eigenvalue weighted by atomic mass is 9.99. The van der Waals surface area contributed by atoms with Crippen LogP contribution in [0.5, 0.6) is 0 Å². The van der Waals surface area contributed by atoms with Crippen molar-refractivity contribution in [1.29, 1.82) is 0 Å². The quantitative estimate of drug-likeness (QED) is 0.768. The monoisotopic (exact) mass is 212 g/mol. The topological polar surface area (TPSA) is 32.3 Å². The molecule has 1 atom stereocenters. The Morgan fingerprint density at radius 2 is 2.07 bits per heavy atom. The molecule has 15 heavy (non-hydrogen) atoms. The minimum absolute atomic E-state index is 0.180. The number of hydrogen-bond donors (Lipinski definition) is 1. The minimum Gasteiger partial charge on any atom is -0.353 e. The average molecular weight is 212 g/mol. The Morgan fingerprint density at radius 1 is 1.47 bits per heavy atom. The first-order valence-electron chi connectivity index (χ1n) is 6.13. The van der Waals surface area contributed by atoms with Gasteiger partial charge in [0.2, 0.25) is 5.91 Å². The molecule has 1 aliphatic heterocycles. The third kappa shape index (κ3) is 4.65. The summed E-state index contributed by atoms with van der Waals surface area (Å²) in [6, 6.07) is 0.307. The minimum atomic E-state index is 0.180. The van der Waals surface area contributed by atoms with Crippen molar-refractivity contribution in [3.63, 3.8) is 0 Å². The molecule has 3 nitrogen and oxygen atoms in total. The molecule has 88 valence electrons. The standard InChI is InChI=1S/C12H24N2O/c1-4-11(3)13-12(15)9-14-7-5-10(2)6-8-14/h10-11H,4-9H2,1-3H3,(H,13,15). The van der Waals surface area contributed by atoms with Gasteiger partial charge in [0.05, 0.1) is 6.54 Å². The second kappa shape index (κ2) is 6.11. The van der Waals surface area contributed by atoms with Crippen molar-refractivity contribution in [3.8, 4) is 0 Å². The molecular formula is C12H24N2O. The van der Waals surface area contributed by atoms with Crippen LogP contribution in [0.1, 0.15) is 40.0 Å². The van der Waals surface area contributed by atoms with E-state index in [1.165, 1.54) is 12.8 Å². The number of amides is 1. The van der Waals surface area contributed by atoms with Gasteiger partial charge in [0.25, 0.3) is 0 Å². The van der Waals surface area contributed by atoms with Crippen molar-refractivity contribution in [3.05, 3.63) is 0 Å². The van der Waals surface area contributed by atoms with Crippen molar-refractivity contribution in [1.82, 2.24) is 10.2 Å². The molecule has 1 fully saturated rings. The Bertz CT molecular complexity index is 198. The van der Waals surface area contributed by atoms with E-state index in [-0.39, 0.29) is 5.91 Å². The Hall–Kier alpha value is -0.570. The van der Waals surface area contributed by atoms with Crippen LogP contribution < -0.4 is 5.32 Å². The van der Waals surface area contributed by atoms with Crippen LogP contribution in [0.3, 0.4) is 0 Å². The summed E-state index contributed by atoms with van der Waals surface area (Å²) in [5.41, 5.74) is 0. The molecule has 1 rings (SSSR count). The Kier molecular flexibility index (Phi) is 5.09. The van der Waals surface area contributed by atoms with Crippen molar-refractivity contribution in [2.45, 2.75) is 46.1 Å². The Balaban J connectivity index is 2.20. The van der Waals surface area contributed by atoms with Crippen LogP contribution in [0.2, 0.25) is 0 Å². The number of carbonyl (C=O) groups excluding carboxylic acids is 1. The highest BCUT2D eigenvalue weighted by molar-refractivity contribution is 5.78. The number of nitrogens with one attached hydrogen (secondary N) is 1. The molecule has 1 heterocycles. The van der Waals surface area contributed by atoms with E-state index in [4.69, 9.17) is 0 Å². The van der Waals surface area contributed by atoms with Crippen molar-refractivity contribution < 1.29 is 4.79 Å². The fourth-order valence-corrected chi connectivity index (χ4v) is 1.85. The number of carbonyl (C=O) groups is 1. The summed E-state index contributed by atoms with van der Waals surface area (Å²) >= 11 is 0. The van der Waals surface area contributed by atoms with E-state index in [9.17, 15) is 4.79 Å². The van der Waals surface area contributed by atoms with Gasteiger partial charge in [-0.3, -0.25) is 9.69 Å². The van der Waals surface area contributed by atoms with Crippen molar-refractivity contribution in [2.75, 3.05) is 19.6 Å². The number of likely N-dealkylation sites (tertiary alicyclic amines) is 1. The van der Waals surface area contributed by atoms with Gasteiger partial charge in [-0.25, -0.2) is 0 Å². The summed E-state index contributed by atoms with van der Waals surface area (Å²) in [6.45, 7) is 9.17. The summed E-state index contributed by atoms with van der Waals surface area (Å²) in [5.74, 6) is 1.01. The van der Waals surface area contributed by atoms with Gasteiger partial charge in [-0.05, 0) is 45.2 Å². The molecule has 0 spiro atoms. The fraction of sp³-hybridized carbons (Fsp3) is 0.917. The van der Waals surface area contributed by atoms with Gasteiger partial charge < -0.3 is 5.32 Å². The molecule has 0 aromatic heterocycles. The van der Waals surface area contributed by atoms with Crippen LogP contribution in [0.15, 0.2) is 0 Å². The Morgan fingerprint density at radius 3 is 2.60 bits per heavy atom. The van der Waals surface area contributed by atoms with Crippen LogP contribution in [0.4, 0.5) is 0 Å². The summed E-state index contributed by atoms with van der Waals surface area (Å²) in [6.07, 6.45) is 3.47. The normalized spacial score (nSPS) is 21.3. The van der Waals surface area contributed by atoms with Crippen LogP contribution in [-0.4, -0.2) is 36.5 Å². The van der Waals surface area contributed by atoms with Gasteiger partial charge in [-0.1, -0.05) is 13.8 Å². The molecule has 1 unspecified atom stereocenters. The highest BCUT2D eigenvalue weighted by Crippen LogP contribution is 2.15. The third-order valence-electron chi connectivity index (χ3n) is 3.26. The first-order chi connectivity index (χ1) is 7.11. The molecular weight excluding hydrogens is 188 g/mol. The lowest BCUT2D eigenvalue weighted by molar-refractivity contribution is -0.123. The molecule has 1 N–H and O–H groups in total. The smallest absolute Gasteiger partial charge is 0.234 e. The summed E-state index contributed by atoms with van der Waals surface area (Å²) in [5, 5.41) is 3.01. The summed E-state index contributed by atoms with van der Waals surface area (Å²) < 4.78 is 0. The number of rotatable bonds is 4. The molecule has 0 saturated carbocycles. The average Bonchev–Trinajstić information content (AvgIpc) is 2.21. The van der Waals surface area contributed by atoms with E-state index in [1.807, 2.05) is 0 Å². The van der Waals surface area contributed by atoms with Crippen LogP contribution in [0.25, 0.3) is 0 Å². The van der Waals surface area contributed by atoms with Gasteiger partial charge in [0.15, 0.2) is 0 Å². The first kappa shape index (κ1) is 12.5. The van der Waals surface area contributed by atoms with Gasteiger partial charge in [0, 0.05) is 6.04 Å². The van der Waals surface area contributed by atoms with E-state index in [0.717, 1.165) is 25.4 Å². The Labute approximate surface area is 93.2 Å². The van der Waals surface area contributed by atoms with Gasteiger partial charge in [-0.2, -0.15) is 0 Å². The highest BCUT2D eigenvalue weighted by Gasteiger charge is 2.18. The number of piperidine rings is 1. The highest BCUT2D eigenvalue weighted by atomic mass is 16.2. The number of nitrogens with zero attached hydrogens (tertiary/aromatic N) is 1. The molecule has 0 bridgehead atoms. The zero-order valence-electron chi connectivity index (χ0n) is 10.3. The van der Waals surface area contributed by atoms with E-state index < -0.39 is 0 Å². The van der Waals surface area contributed by atoms with Crippen molar-refractivity contribution in [2.24, 2.45) is 5.92 Å². The van der Waals surface area contributed by atoms with E-state index in [1.54, 1.807) is 0 Å². The van der Waals surface area contributed by atoms with Gasteiger partial charge >= 0.3 is 0 Å². The third-order valence-corrected chi connectivity index (χ3v) is 3.26. The molecule has 0 aromatic rings. The second-order valence-corrected chi connectivity index (χ2v) is 4.84. The van der Waals surface area contributed by atoms with E-state index in [2.05, 4.69) is 31.0 Å². The number of hydrogen-bond acceptors (Lipinski definition) is 2. The fourth-order valence-electron chi connectivity index (χ4n) is 1.85. The maximum Gasteiger partial charge on any atom is 0.234 e. The molecule has 1 saturated heterocycles.